The van der Waals surface area contributed by atoms with Crippen molar-refractivity contribution in [3.63, 3.8) is 0 Å². The zero-order valence-electron chi connectivity index (χ0n) is 11.3. The van der Waals surface area contributed by atoms with Gasteiger partial charge in [0.1, 0.15) is 11.6 Å². The molecular weight excluding hydrogens is 321 g/mol. The SMILES string of the molecule is CCCOc1ccc(C(N)c2ccc(F)cc2)cc1Br. The first-order valence-electron chi connectivity index (χ1n) is 6.55. The van der Waals surface area contributed by atoms with Crippen LogP contribution >= 0.6 is 15.9 Å². The summed E-state index contributed by atoms with van der Waals surface area (Å²) in [7, 11) is 0. The number of benzene rings is 2. The third kappa shape index (κ3) is 3.58. The number of nitrogens with two attached hydrogens (primary N) is 1. The molecule has 2 nitrogen and oxygen atoms in total. The normalized spacial score (nSPS) is 12.2. The van der Waals surface area contributed by atoms with Crippen LogP contribution in [0.3, 0.4) is 0 Å². The number of ether oxygens (including phenoxy) is 1. The van der Waals surface area contributed by atoms with Crippen LogP contribution in [-0.2, 0) is 0 Å². The first-order valence-corrected chi connectivity index (χ1v) is 7.34. The summed E-state index contributed by atoms with van der Waals surface area (Å²) in [5.74, 6) is 0.548. The Balaban J connectivity index is 2.20. The standard InChI is InChI=1S/C16H17BrFNO/c1-2-9-20-15-8-5-12(10-14(15)17)16(19)11-3-6-13(18)7-4-11/h3-8,10,16H,2,9,19H2,1H3. The van der Waals surface area contributed by atoms with E-state index >= 15 is 0 Å². The van der Waals surface area contributed by atoms with Crippen molar-refractivity contribution in [3.05, 3.63) is 63.9 Å². The molecule has 4 heteroatoms. The highest BCUT2D eigenvalue weighted by Gasteiger charge is 2.11. The molecule has 0 heterocycles. The second kappa shape index (κ2) is 6.86. The number of hydrogen-bond donors (Lipinski definition) is 1. The maximum atomic E-state index is 12.9. The van der Waals surface area contributed by atoms with Gasteiger partial charge in [-0.15, -0.1) is 0 Å². The van der Waals surface area contributed by atoms with Gasteiger partial charge in [-0.25, -0.2) is 4.39 Å². The quantitative estimate of drug-likeness (QED) is 0.876. The molecule has 2 aromatic rings. The topological polar surface area (TPSA) is 35.2 Å². The van der Waals surface area contributed by atoms with Gasteiger partial charge in [-0.2, -0.15) is 0 Å². The Morgan fingerprint density at radius 1 is 1.15 bits per heavy atom. The van der Waals surface area contributed by atoms with E-state index < -0.39 is 0 Å². The van der Waals surface area contributed by atoms with Crippen molar-refractivity contribution >= 4 is 15.9 Å². The average molecular weight is 338 g/mol. The predicted molar refractivity (Wildman–Crippen MR) is 82.4 cm³/mol. The monoisotopic (exact) mass is 337 g/mol. The predicted octanol–water partition coefficient (Wildman–Crippen LogP) is 4.43. The van der Waals surface area contributed by atoms with Crippen molar-refractivity contribution in [2.24, 2.45) is 5.73 Å². The second-order valence-corrected chi connectivity index (χ2v) is 5.42. The molecule has 1 atom stereocenters. The molecule has 2 aromatic carbocycles. The molecule has 2 rings (SSSR count). The van der Waals surface area contributed by atoms with Crippen LogP contribution in [0.2, 0.25) is 0 Å². The van der Waals surface area contributed by atoms with Crippen LogP contribution < -0.4 is 10.5 Å². The van der Waals surface area contributed by atoms with Crippen LogP contribution in [0.25, 0.3) is 0 Å². The molecule has 0 fully saturated rings. The summed E-state index contributed by atoms with van der Waals surface area (Å²) in [6.45, 7) is 2.74. The number of rotatable bonds is 5. The van der Waals surface area contributed by atoms with Crippen LogP contribution in [0.4, 0.5) is 4.39 Å². The number of hydrogen-bond acceptors (Lipinski definition) is 2. The second-order valence-electron chi connectivity index (χ2n) is 4.57. The van der Waals surface area contributed by atoms with Crippen LogP contribution in [-0.4, -0.2) is 6.61 Å². The molecule has 20 heavy (non-hydrogen) atoms. The molecule has 0 aliphatic heterocycles. The molecule has 0 amide bonds. The van der Waals surface area contributed by atoms with E-state index in [2.05, 4.69) is 22.9 Å². The van der Waals surface area contributed by atoms with Gasteiger partial charge < -0.3 is 10.5 Å². The smallest absolute Gasteiger partial charge is 0.133 e. The lowest BCUT2D eigenvalue weighted by Crippen LogP contribution is -2.12. The Bertz CT molecular complexity index is 571. The fourth-order valence-corrected chi connectivity index (χ4v) is 2.41. The van der Waals surface area contributed by atoms with Crippen molar-refractivity contribution in [2.45, 2.75) is 19.4 Å². The molecule has 0 aromatic heterocycles. The van der Waals surface area contributed by atoms with Crippen molar-refractivity contribution in [2.75, 3.05) is 6.61 Å². The van der Waals surface area contributed by atoms with Crippen LogP contribution in [0.1, 0.15) is 30.5 Å². The van der Waals surface area contributed by atoms with Crippen LogP contribution in [0, 0.1) is 5.82 Å². The highest BCUT2D eigenvalue weighted by Crippen LogP contribution is 2.30. The summed E-state index contributed by atoms with van der Waals surface area (Å²) in [5, 5.41) is 0. The van der Waals surface area contributed by atoms with Crippen LogP contribution in [0.15, 0.2) is 46.9 Å². The molecule has 0 radical (unpaired) electrons. The minimum Gasteiger partial charge on any atom is -0.492 e. The van der Waals surface area contributed by atoms with E-state index in [0.29, 0.717) is 6.61 Å². The van der Waals surface area contributed by atoms with E-state index in [1.165, 1.54) is 12.1 Å². The highest BCUT2D eigenvalue weighted by atomic mass is 79.9. The molecule has 106 valence electrons. The molecule has 0 saturated carbocycles. The van der Waals surface area contributed by atoms with Gasteiger partial charge in [-0.05, 0) is 57.7 Å². The summed E-state index contributed by atoms with van der Waals surface area (Å²) < 4.78 is 19.4. The molecular formula is C16H17BrFNO. The zero-order chi connectivity index (χ0) is 14.5. The third-order valence-electron chi connectivity index (χ3n) is 3.01. The first kappa shape index (κ1) is 15.0. The lowest BCUT2D eigenvalue weighted by atomic mass is 9.99. The Kier molecular flexibility index (Phi) is 5.15. The molecule has 0 saturated heterocycles. The summed E-state index contributed by atoms with van der Waals surface area (Å²) in [6, 6.07) is 11.7. The van der Waals surface area contributed by atoms with Crippen LogP contribution in [0.5, 0.6) is 5.75 Å². The van der Waals surface area contributed by atoms with E-state index in [4.69, 9.17) is 10.5 Å². The van der Waals surface area contributed by atoms with Gasteiger partial charge in [0.25, 0.3) is 0 Å². The maximum absolute atomic E-state index is 12.9. The van der Waals surface area contributed by atoms with Crippen molar-refractivity contribution < 1.29 is 9.13 Å². The van der Waals surface area contributed by atoms with Gasteiger partial charge in [0.2, 0.25) is 0 Å². The van der Waals surface area contributed by atoms with E-state index in [1.807, 2.05) is 18.2 Å². The van der Waals surface area contributed by atoms with Crippen molar-refractivity contribution in [1.29, 1.82) is 0 Å². The van der Waals surface area contributed by atoms with Gasteiger partial charge in [0.05, 0.1) is 17.1 Å². The molecule has 0 aliphatic rings. The Morgan fingerprint density at radius 2 is 1.80 bits per heavy atom. The fourth-order valence-electron chi connectivity index (χ4n) is 1.90. The van der Waals surface area contributed by atoms with Gasteiger partial charge in [-0.1, -0.05) is 25.1 Å². The van der Waals surface area contributed by atoms with Crippen molar-refractivity contribution in [1.82, 2.24) is 0 Å². The van der Waals surface area contributed by atoms with Gasteiger partial charge >= 0.3 is 0 Å². The molecule has 0 aliphatic carbocycles. The van der Waals surface area contributed by atoms with Gasteiger partial charge in [-0.3, -0.25) is 0 Å². The summed E-state index contributed by atoms with van der Waals surface area (Å²) >= 11 is 3.49. The lowest BCUT2D eigenvalue weighted by Gasteiger charge is -2.15. The minimum absolute atomic E-state index is 0.259. The van der Waals surface area contributed by atoms with Gasteiger partial charge in [0.15, 0.2) is 0 Å². The molecule has 0 spiro atoms. The third-order valence-corrected chi connectivity index (χ3v) is 3.63. The fraction of sp³-hybridized carbons (Fsp3) is 0.250. The lowest BCUT2D eigenvalue weighted by molar-refractivity contribution is 0.315. The Labute approximate surface area is 126 Å². The Hall–Kier alpha value is -1.39. The average Bonchev–Trinajstić information content (AvgIpc) is 2.46. The number of halogens is 2. The Morgan fingerprint density at radius 3 is 2.40 bits per heavy atom. The summed E-state index contributed by atoms with van der Waals surface area (Å²) in [4.78, 5) is 0. The summed E-state index contributed by atoms with van der Waals surface area (Å²) in [6.07, 6.45) is 0.962. The largest absolute Gasteiger partial charge is 0.492 e. The minimum atomic E-state index is -0.285. The molecule has 2 N–H and O–H groups in total. The molecule has 1 unspecified atom stereocenters. The van der Waals surface area contributed by atoms with E-state index in [1.54, 1.807) is 12.1 Å². The van der Waals surface area contributed by atoms with E-state index in [0.717, 1.165) is 27.8 Å². The first-order chi connectivity index (χ1) is 9.61. The van der Waals surface area contributed by atoms with E-state index in [9.17, 15) is 4.39 Å². The molecule has 0 bridgehead atoms. The highest BCUT2D eigenvalue weighted by molar-refractivity contribution is 9.10. The van der Waals surface area contributed by atoms with Crippen molar-refractivity contribution in [3.8, 4) is 5.75 Å². The van der Waals surface area contributed by atoms with E-state index in [-0.39, 0.29) is 11.9 Å². The van der Waals surface area contributed by atoms with Gasteiger partial charge in [0, 0.05) is 0 Å². The zero-order valence-corrected chi connectivity index (χ0v) is 12.9. The summed E-state index contributed by atoms with van der Waals surface area (Å²) in [5.41, 5.74) is 8.03. The maximum Gasteiger partial charge on any atom is 0.133 e.